The van der Waals surface area contributed by atoms with Gasteiger partial charge < -0.3 is 5.32 Å². The Morgan fingerprint density at radius 2 is 2.29 bits per heavy atom. The first-order valence-electron chi connectivity index (χ1n) is 6.30. The summed E-state index contributed by atoms with van der Waals surface area (Å²) in [7, 11) is 1.97. The lowest BCUT2D eigenvalue weighted by Gasteiger charge is -2.08. The van der Waals surface area contributed by atoms with Crippen LogP contribution in [0.25, 0.3) is 0 Å². The molecule has 0 saturated heterocycles. The zero-order chi connectivity index (χ0) is 12.7. The van der Waals surface area contributed by atoms with Crippen molar-refractivity contribution < 1.29 is 0 Å². The van der Waals surface area contributed by atoms with Crippen LogP contribution in [0.4, 0.5) is 0 Å². The maximum absolute atomic E-state index is 4.33. The predicted octanol–water partition coefficient (Wildman–Crippen LogP) is 2.03. The highest BCUT2D eigenvalue weighted by atomic mass is 15.3. The summed E-state index contributed by atoms with van der Waals surface area (Å²) >= 11 is 0. The molecular weight excluding hydrogens is 212 g/mol. The molecule has 1 aromatic heterocycles. The summed E-state index contributed by atoms with van der Waals surface area (Å²) in [5.74, 6) is 1.67. The van der Waals surface area contributed by atoms with Gasteiger partial charge in [0.1, 0.15) is 12.2 Å². The smallest absolute Gasteiger partial charge is 0.138 e. The molecule has 0 radical (unpaired) electrons. The van der Waals surface area contributed by atoms with E-state index in [1.165, 1.54) is 5.57 Å². The van der Waals surface area contributed by atoms with E-state index in [0.29, 0.717) is 5.92 Å². The molecule has 17 heavy (non-hydrogen) atoms. The lowest BCUT2D eigenvalue weighted by molar-refractivity contribution is 0.468. The van der Waals surface area contributed by atoms with Crippen molar-refractivity contribution in [3.63, 3.8) is 0 Å². The molecule has 1 heterocycles. The van der Waals surface area contributed by atoms with Crippen molar-refractivity contribution >= 4 is 0 Å². The van der Waals surface area contributed by atoms with Gasteiger partial charge in [0.05, 0.1) is 0 Å². The Morgan fingerprint density at radius 1 is 1.53 bits per heavy atom. The molecule has 0 amide bonds. The molecule has 0 unspecified atom stereocenters. The van der Waals surface area contributed by atoms with E-state index in [1.54, 1.807) is 6.33 Å². The molecule has 0 aliphatic heterocycles. The van der Waals surface area contributed by atoms with Crippen LogP contribution in [0, 0.1) is 5.92 Å². The zero-order valence-electron chi connectivity index (χ0n) is 11.4. The van der Waals surface area contributed by atoms with Gasteiger partial charge in [-0.3, -0.25) is 0 Å². The number of hydrogen-bond acceptors (Lipinski definition) is 3. The second-order valence-electron chi connectivity index (χ2n) is 4.87. The molecule has 0 saturated carbocycles. The Bertz CT molecular complexity index is 352. The Kier molecular flexibility index (Phi) is 5.91. The van der Waals surface area contributed by atoms with Gasteiger partial charge in [0.25, 0.3) is 0 Å². The van der Waals surface area contributed by atoms with Crippen molar-refractivity contribution in [2.75, 3.05) is 13.6 Å². The first-order valence-corrected chi connectivity index (χ1v) is 6.30. The van der Waals surface area contributed by atoms with E-state index in [1.807, 2.05) is 11.7 Å². The first kappa shape index (κ1) is 13.9. The second kappa shape index (κ2) is 7.22. The molecular formula is C13H24N4. The van der Waals surface area contributed by atoms with Crippen molar-refractivity contribution in [1.29, 1.82) is 0 Å². The maximum atomic E-state index is 4.33. The maximum Gasteiger partial charge on any atom is 0.138 e. The molecule has 1 N–H and O–H groups in total. The fourth-order valence-corrected chi connectivity index (χ4v) is 1.71. The van der Waals surface area contributed by atoms with E-state index in [9.17, 15) is 0 Å². The van der Waals surface area contributed by atoms with Crippen molar-refractivity contribution in [1.82, 2.24) is 20.1 Å². The van der Waals surface area contributed by atoms with E-state index < -0.39 is 0 Å². The molecule has 96 valence electrons. The Hall–Kier alpha value is -1.16. The van der Waals surface area contributed by atoms with Crippen LogP contribution in [0.3, 0.4) is 0 Å². The molecule has 4 heteroatoms. The third-order valence-corrected chi connectivity index (χ3v) is 2.56. The van der Waals surface area contributed by atoms with Crippen LogP contribution in [-0.4, -0.2) is 28.4 Å². The lowest BCUT2D eigenvalue weighted by Crippen LogP contribution is -2.11. The predicted molar refractivity (Wildman–Crippen MR) is 70.9 cm³/mol. The molecule has 0 bridgehead atoms. The highest BCUT2D eigenvalue weighted by Crippen LogP contribution is 2.07. The molecule has 4 nitrogen and oxygen atoms in total. The van der Waals surface area contributed by atoms with Crippen molar-refractivity contribution in [3.05, 3.63) is 23.8 Å². The van der Waals surface area contributed by atoms with E-state index in [2.05, 4.69) is 42.2 Å². The van der Waals surface area contributed by atoms with Gasteiger partial charge in [0.15, 0.2) is 0 Å². The number of nitrogens with one attached hydrogen (secondary N) is 1. The number of allylic oxidation sites excluding steroid dienone is 1. The molecule has 0 atom stereocenters. The molecule has 0 fully saturated rings. The normalized spacial score (nSPS) is 12.4. The summed E-state index contributed by atoms with van der Waals surface area (Å²) in [6.07, 6.45) is 5.89. The van der Waals surface area contributed by atoms with Gasteiger partial charge in [-0.2, -0.15) is 5.10 Å². The minimum absolute atomic E-state index is 0.601. The number of rotatable bonds is 7. The van der Waals surface area contributed by atoms with Gasteiger partial charge in [-0.15, -0.1) is 0 Å². The Morgan fingerprint density at radius 3 is 2.94 bits per heavy atom. The summed E-state index contributed by atoms with van der Waals surface area (Å²) in [4.78, 5) is 4.33. The summed E-state index contributed by atoms with van der Waals surface area (Å²) in [5, 5.41) is 7.41. The van der Waals surface area contributed by atoms with Gasteiger partial charge in [-0.1, -0.05) is 25.5 Å². The summed E-state index contributed by atoms with van der Waals surface area (Å²) in [6.45, 7) is 8.52. The standard InChI is InChI=1S/C13H24N4/c1-11(2)9-17-13(15-10-16-17)8-12(3)6-5-7-14-4/h6,10-11,14H,5,7-9H2,1-4H3. The van der Waals surface area contributed by atoms with Gasteiger partial charge in [-0.05, 0) is 32.9 Å². The van der Waals surface area contributed by atoms with Crippen LogP contribution in [0.1, 0.15) is 33.0 Å². The van der Waals surface area contributed by atoms with Gasteiger partial charge in [0, 0.05) is 13.0 Å². The molecule has 0 aliphatic carbocycles. The van der Waals surface area contributed by atoms with E-state index in [-0.39, 0.29) is 0 Å². The van der Waals surface area contributed by atoms with Crippen molar-refractivity contribution in [2.24, 2.45) is 5.92 Å². The zero-order valence-corrected chi connectivity index (χ0v) is 11.4. The van der Waals surface area contributed by atoms with Crippen molar-refractivity contribution in [3.8, 4) is 0 Å². The molecule has 0 aliphatic rings. The van der Waals surface area contributed by atoms with E-state index >= 15 is 0 Å². The van der Waals surface area contributed by atoms with Crippen LogP contribution in [0.2, 0.25) is 0 Å². The SMILES string of the molecule is CNCCC=C(C)Cc1ncnn1CC(C)C. The highest BCUT2D eigenvalue weighted by Gasteiger charge is 2.06. The fourth-order valence-electron chi connectivity index (χ4n) is 1.71. The molecule has 1 rings (SSSR count). The lowest BCUT2D eigenvalue weighted by atomic mass is 10.1. The number of aromatic nitrogens is 3. The quantitative estimate of drug-likeness (QED) is 0.582. The van der Waals surface area contributed by atoms with Crippen LogP contribution >= 0.6 is 0 Å². The Labute approximate surface area is 104 Å². The summed E-state index contributed by atoms with van der Waals surface area (Å²) in [6, 6.07) is 0. The third kappa shape index (κ3) is 5.13. The topological polar surface area (TPSA) is 42.7 Å². The summed E-state index contributed by atoms with van der Waals surface area (Å²) in [5.41, 5.74) is 1.36. The van der Waals surface area contributed by atoms with E-state index in [0.717, 1.165) is 31.8 Å². The third-order valence-electron chi connectivity index (χ3n) is 2.56. The average Bonchev–Trinajstić information content (AvgIpc) is 2.65. The van der Waals surface area contributed by atoms with Crippen LogP contribution in [0.15, 0.2) is 18.0 Å². The molecule has 1 aromatic rings. The largest absolute Gasteiger partial charge is 0.319 e. The minimum Gasteiger partial charge on any atom is -0.319 e. The molecule has 0 spiro atoms. The fraction of sp³-hybridized carbons (Fsp3) is 0.692. The van der Waals surface area contributed by atoms with Crippen LogP contribution in [-0.2, 0) is 13.0 Å². The molecule has 0 aromatic carbocycles. The van der Waals surface area contributed by atoms with Crippen LogP contribution in [0.5, 0.6) is 0 Å². The van der Waals surface area contributed by atoms with Gasteiger partial charge in [0.2, 0.25) is 0 Å². The monoisotopic (exact) mass is 236 g/mol. The van der Waals surface area contributed by atoms with Gasteiger partial charge >= 0.3 is 0 Å². The number of hydrogen-bond donors (Lipinski definition) is 1. The average molecular weight is 236 g/mol. The first-order chi connectivity index (χ1) is 8.13. The second-order valence-corrected chi connectivity index (χ2v) is 4.87. The van der Waals surface area contributed by atoms with E-state index in [4.69, 9.17) is 0 Å². The van der Waals surface area contributed by atoms with Gasteiger partial charge in [-0.25, -0.2) is 9.67 Å². The Balaban J connectivity index is 2.55. The highest BCUT2D eigenvalue weighted by molar-refractivity contribution is 5.06. The minimum atomic E-state index is 0.601. The van der Waals surface area contributed by atoms with Crippen LogP contribution < -0.4 is 5.32 Å². The number of nitrogens with zero attached hydrogens (tertiary/aromatic N) is 3. The summed E-state index contributed by atoms with van der Waals surface area (Å²) < 4.78 is 2.01. The van der Waals surface area contributed by atoms with Crippen molar-refractivity contribution in [2.45, 2.75) is 40.2 Å².